The van der Waals surface area contributed by atoms with Crippen LogP contribution in [0.1, 0.15) is 18.1 Å². The molecule has 3 rings (SSSR count). The lowest BCUT2D eigenvalue weighted by atomic mass is 10.0. The number of nitrogens with zero attached hydrogens (tertiary/aromatic N) is 2. The normalized spacial score (nSPS) is 14.7. The molecule has 1 amide bonds. The summed E-state index contributed by atoms with van der Waals surface area (Å²) in [5.41, 5.74) is 2.57. The molecular weight excluding hydrogens is 396 g/mol. The highest BCUT2D eigenvalue weighted by Crippen LogP contribution is 2.34. The van der Waals surface area contributed by atoms with Gasteiger partial charge in [-0.15, -0.1) is 0 Å². The van der Waals surface area contributed by atoms with Gasteiger partial charge in [0.05, 0.1) is 31.9 Å². The SMILES string of the molecule is C=CCOc1ccc(/C=C2\C(=O)N(Cc3cccnc3)C(C)=C2C(=O)OC)cc1OC. The Morgan fingerprint density at radius 2 is 2.03 bits per heavy atom. The van der Waals surface area contributed by atoms with E-state index in [0.717, 1.165) is 5.56 Å². The summed E-state index contributed by atoms with van der Waals surface area (Å²) in [4.78, 5) is 31.4. The van der Waals surface area contributed by atoms with Crippen molar-refractivity contribution in [3.8, 4) is 11.5 Å². The van der Waals surface area contributed by atoms with Gasteiger partial charge in [-0.25, -0.2) is 4.79 Å². The zero-order valence-corrected chi connectivity index (χ0v) is 17.8. The Morgan fingerprint density at radius 1 is 1.23 bits per heavy atom. The van der Waals surface area contributed by atoms with Crippen molar-refractivity contribution in [1.29, 1.82) is 0 Å². The highest BCUT2D eigenvalue weighted by atomic mass is 16.5. The molecule has 31 heavy (non-hydrogen) atoms. The van der Waals surface area contributed by atoms with Crippen LogP contribution in [0.25, 0.3) is 6.08 Å². The second kappa shape index (κ2) is 9.75. The summed E-state index contributed by atoms with van der Waals surface area (Å²) in [5.74, 6) is 0.214. The minimum absolute atomic E-state index is 0.238. The molecule has 160 valence electrons. The van der Waals surface area contributed by atoms with Gasteiger partial charge >= 0.3 is 5.97 Å². The molecule has 7 heteroatoms. The van der Waals surface area contributed by atoms with Crippen LogP contribution in [0.3, 0.4) is 0 Å². The number of hydrogen-bond donors (Lipinski definition) is 0. The molecule has 1 aromatic carbocycles. The Balaban J connectivity index is 2.00. The van der Waals surface area contributed by atoms with E-state index in [4.69, 9.17) is 14.2 Å². The van der Waals surface area contributed by atoms with Crippen LogP contribution in [0.15, 0.2) is 72.2 Å². The van der Waals surface area contributed by atoms with Gasteiger partial charge in [0.25, 0.3) is 5.91 Å². The van der Waals surface area contributed by atoms with Crippen molar-refractivity contribution in [2.24, 2.45) is 0 Å². The first-order valence-corrected chi connectivity index (χ1v) is 9.64. The van der Waals surface area contributed by atoms with Gasteiger partial charge in [-0.05, 0) is 42.3 Å². The number of hydrogen-bond acceptors (Lipinski definition) is 6. The zero-order valence-electron chi connectivity index (χ0n) is 17.8. The van der Waals surface area contributed by atoms with Crippen LogP contribution >= 0.6 is 0 Å². The maximum atomic E-state index is 13.2. The molecule has 0 N–H and O–H groups in total. The third-order valence-electron chi connectivity index (χ3n) is 4.82. The lowest BCUT2D eigenvalue weighted by molar-refractivity contribution is -0.136. The van der Waals surface area contributed by atoms with E-state index in [9.17, 15) is 9.59 Å². The molecule has 7 nitrogen and oxygen atoms in total. The van der Waals surface area contributed by atoms with E-state index in [1.807, 2.05) is 6.07 Å². The van der Waals surface area contributed by atoms with E-state index in [-0.39, 0.29) is 17.1 Å². The Morgan fingerprint density at radius 3 is 2.68 bits per heavy atom. The summed E-state index contributed by atoms with van der Waals surface area (Å²) in [6.45, 7) is 6.00. The Labute approximate surface area is 181 Å². The monoisotopic (exact) mass is 420 g/mol. The number of pyridine rings is 1. The fourth-order valence-electron chi connectivity index (χ4n) is 3.30. The number of carbonyl (C=O) groups excluding carboxylic acids is 2. The molecule has 2 heterocycles. The number of esters is 1. The summed E-state index contributed by atoms with van der Waals surface area (Å²) in [6.07, 6.45) is 6.65. The molecule has 0 saturated heterocycles. The van der Waals surface area contributed by atoms with E-state index >= 15 is 0 Å². The molecule has 0 fully saturated rings. The second-order valence-corrected chi connectivity index (χ2v) is 6.77. The highest BCUT2D eigenvalue weighted by molar-refractivity contribution is 6.16. The van der Waals surface area contributed by atoms with Gasteiger partial charge in [0, 0.05) is 18.1 Å². The van der Waals surface area contributed by atoms with E-state index in [1.54, 1.807) is 60.6 Å². The first-order valence-electron chi connectivity index (χ1n) is 9.64. The van der Waals surface area contributed by atoms with Crippen molar-refractivity contribution in [2.45, 2.75) is 13.5 Å². The molecule has 0 radical (unpaired) electrons. The summed E-state index contributed by atoms with van der Waals surface area (Å²) < 4.78 is 15.9. The Bertz CT molecular complexity index is 1060. The minimum Gasteiger partial charge on any atom is -0.493 e. The summed E-state index contributed by atoms with van der Waals surface area (Å²) >= 11 is 0. The van der Waals surface area contributed by atoms with Crippen LogP contribution in [0, 0.1) is 0 Å². The zero-order chi connectivity index (χ0) is 22.4. The molecule has 1 aromatic heterocycles. The molecule has 1 aliphatic heterocycles. The van der Waals surface area contributed by atoms with Gasteiger partial charge in [0.2, 0.25) is 0 Å². The maximum absolute atomic E-state index is 13.2. The van der Waals surface area contributed by atoms with Gasteiger partial charge in [0.15, 0.2) is 11.5 Å². The first-order chi connectivity index (χ1) is 15.0. The van der Waals surface area contributed by atoms with Crippen LogP contribution in [0.2, 0.25) is 0 Å². The topological polar surface area (TPSA) is 78.0 Å². The average Bonchev–Trinajstić information content (AvgIpc) is 3.02. The molecule has 0 aliphatic carbocycles. The number of rotatable bonds is 8. The number of aromatic nitrogens is 1. The van der Waals surface area contributed by atoms with Crippen molar-refractivity contribution < 1.29 is 23.8 Å². The smallest absolute Gasteiger partial charge is 0.340 e. The summed E-state index contributed by atoms with van der Waals surface area (Å²) in [5, 5.41) is 0. The predicted octanol–water partition coefficient (Wildman–Crippen LogP) is 3.53. The fraction of sp³-hybridized carbons (Fsp3) is 0.208. The van der Waals surface area contributed by atoms with Crippen LogP contribution in [-0.4, -0.2) is 42.6 Å². The number of allylic oxidation sites excluding steroid dienone is 1. The van der Waals surface area contributed by atoms with Crippen LogP contribution in [-0.2, 0) is 20.9 Å². The van der Waals surface area contributed by atoms with Crippen molar-refractivity contribution in [2.75, 3.05) is 20.8 Å². The third-order valence-corrected chi connectivity index (χ3v) is 4.82. The lowest BCUT2D eigenvalue weighted by Gasteiger charge is -2.17. The molecule has 2 aromatic rings. The number of ether oxygens (including phenoxy) is 3. The molecule has 0 atom stereocenters. The number of amides is 1. The fourth-order valence-corrected chi connectivity index (χ4v) is 3.30. The Kier molecular flexibility index (Phi) is 6.87. The van der Waals surface area contributed by atoms with E-state index < -0.39 is 5.97 Å². The largest absolute Gasteiger partial charge is 0.493 e. The summed E-state index contributed by atoms with van der Waals surface area (Å²) in [7, 11) is 2.83. The standard InChI is InChI=1S/C24H24N2O5/c1-5-11-31-20-9-8-17(13-21(20)29-3)12-19-22(24(28)30-4)16(2)26(23(19)27)15-18-7-6-10-25-14-18/h5-10,12-14H,1,11,15H2,2-4H3/b19-12-. The Hall–Kier alpha value is -3.87. The van der Waals surface area contributed by atoms with Crippen molar-refractivity contribution in [3.63, 3.8) is 0 Å². The molecule has 0 bridgehead atoms. The van der Waals surface area contributed by atoms with Crippen molar-refractivity contribution >= 4 is 18.0 Å². The van der Waals surface area contributed by atoms with Crippen LogP contribution in [0.4, 0.5) is 0 Å². The number of benzene rings is 1. The second-order valence-electron chi connectivity index (χ2n) is 6.77. The van der Waals surface area contributed by atoms with E-state index in [1.165, 1.54) is 14.2 Å². The molecule has 0 saturated carbocycles. The van der Waals surface area contributed by atoms with Gasteiger partial charge < -0.3 is 19.1 Å². The maximum Gasteiger partial charge on any atom is 0.340 e. The molecule has 0 unspecified atom stereocenters. The van der Waals surface area contributed by atoms with Crippen LogP contribution < -0.4 is 9.47 Å². The first kappa shape index (κ1) is 21.8. The van der Waals surface area contributed by atoms with Gasteiger partial charge in [-0.3, -0.25) is 9.78 Å². The van der Waals surface area contributed by atoms with Crippen molar-refractivity contribution in [3.05, 3.63) is 83.4 Å². The predicted molar refractivity (Wildman–Crippen MR) is 116 cm³/mol. The van der Waals surface area contributed by atoms with Gasteiger partial charge in [-0.1, -0.05) is 24.8 Å². The van der Waals surface area contributed by atoms with Gasteiger partial charge in [-0.2, -0.15) is 0 Å². The lowest BCUT2D eigenvalue weighted by Crippen LogP contribution is -2.24. The quantitative estimate of drug-likeness (QED) is 0.369. The van der Waals surface area contributed by atoms with Crippen molar-refractivity contribution in [1.82, 2.24) is 9.88 Å². The third kappa shape index (κ3) is 4.66. The highest BCUT2D eigenvalue weighted by Gasteiger charge is 2.37. The minimum atomic E-state index is -0.566. The van der Waals surface area contributed by atoms with Crippen LogP contribution in [0.5, 0.6) is 11.5 Å². The molecule has 0 spiro atoms. The summed E-state index contributed by atoms with van der Waals surface area (Å²) in [6, 6.07) is 8.95. The van der Waals surface area contributed by atoms with E-state index in [0.29, 0.717) is 35.9 Å². The number of methoxy groups -OCH3 is 2. The molecule has 1 aliphatic rings. The number of carbonyl (C=O) groups is 2. The molecular formula is C24H24N2O5. The van der Waals surface area contributed by atoms with Gasteiger partial charge in [0.1, 0.15) is 6.61 Å². The average molecular weight is 420 g/mol. The van der Waals surface area contributed by atoms with E-state index in [2.05, 4.69) is 11.6 Å².